The Morgan fingerprint density at radius 2 is 1.79 bits per heavy atom. The van der Waals surface area contributed by atoms with Crippen molar-refractivity contribution in [1.82, 2.24) is 0 Å². The van der Waals surface area contributed by atoms with Crippen molar-refractivity contribution in [1.29, 1.82) is 0 Å². The van der Waals surface area contributed by atoms with Crippen molar-refractivity contribution >= 4 is 39.3 Å². The van der Waals surface area contributed by atoms with Gasteiger partial charge in [0, 0.05) is 28.7 Å². The van der Waals surface area contributed by atoms with E-state index < -0.39 is 11.9 Å². The second-order valence-corrected chi connectivity index (χ2v) is 8.13. The van der Waals surface area contributed by atoms with Gasteiger partial charge in [-0.3, -0.25) is 14.4 Å². The summed E-state index contributed by atoms with van der Waals surface area (Å²) >= 11 is 3.31. The average Bonchev–Trinajstić information content (AvgIpc) is 3.13. The van der Waals surface area contributed by atoms with Crippen molar-refractivity contribution < 1.29 is 19.1 Å². The second-order valence-electron chi connectivity index (χ2n) is 7.21. The minimum Gasteiger partial charge on any atom is -0.457 e. The number of amides is 1. The number of halogens is 1. The highest BCUT2D eigenvalue weighted by atomic mass is 79.9. The topological polar surface area (TPSA) is 63.7 Å². The van der Waals surface area contributed by atoms with E-state index in [1.807, 2.05) is 24.3 Å². The van der Waals surface area contributed by atoms with Gasteiger partial charge in [-0.25, -0.2) is 0 Å². The summed E-state index contributed by atoms with van der Waals surface area (Å²) in [4.78, 5) is 38.5. The number of ether oxygens (including phenoxy) is 1. The molecule has 0 aliphatic carbocycles. The van der Waals surface area contributed by atoms with Crippen molar-refractivity contribution in [3.8, 4) is 0 Å². The van der Waals surface area contributed by atoms with Gasteiger partial charge in [-0.15, -0.1) is 0 Å². The Morgan fingerprint density at radius 1 is 1.10 bits per heavy atom. The van der Waals surface area contributed by atoms with E-state index in [0.29, 0.717) is 5.56 Å². The van der Waals surface area contributed by atoms with Crippen LogP contribution in [0.1, 0.15) is 42.1 Å². The van der Waals surface area contributed by atoms with Crippen molar-refractivity contribution in [3.05, 3.63) is 64.1 Å². The summed E-state index contributed by atoms with van der Waals surface area (Å²) in [7, 11) is 0. The smallest absolute Gasteiger partial charge is 0.311 e. The van der Waals surface area contributed by atoms with Crippen LogP contribution in [0.4, 0.5) is 5.69 Å². The first-order valence-corrected chi connectivity index (χ1v) is 10.6. The molecule has 0 aromatic heterocycles. The van der Waals surface area contributed by atoms with Gasteiger partial charge >= 0.3 is 5.97 Å². The predicted octanol–water partition coefficient (Wildman–Crippen LogP) is 4.57. The standard InChI is InChI=1S/C23H24BrNO4/c1-2-3-4-16-5-11-20(12-6-16)25-14-18(13-22(25)27)23(28)29-15-21(26)17-7-9-19(24)10-8-17/h5-12,18H,2-4,13-15H2,1H3/t18-/m0/s1. The zero-order chi connectivity index (χ0) is 20.8. The molecule has 29 heavy (non-hydrogen) atoms. The molecule has 5 nitrogen and oxygen atoms in total. The fraction of sp³-hybridized carbons (Fsp3) is 0.348. The van der Waals surface area contributed by atoms with Gasteiger partial charge in [0.05, 0.1) is 5.92 Å². The monoisotopic (exact) mass is 457 g/mol. The number of ketones is 1. The molecule has 1 saturated heterocycles. The van der Waals surface area contributed by atoms with E-state index in [0.717, 1.165) is 29.4 Å². The third-order valence-electron chi connectivity index (χ3n) is 5.04. The largest absolute Gasteiger partial charge is 0.457 e. The fourth-order valence-electron chi connectivity index (χ4n) is 3.31. The molecule has 2 aromatic carbocycles. The van der Waals surface area contributed by atoms with E-state index in [1.54, 1.807) is 29.2 Å². The van der Waals surface area contributed by atoms with E-state index in [4.69, 9.17) is 4.74 Å². The van der Waals surface area contributed by atoms with E-state index in [-0.39, 0.29) is 31.3 Å². The van der Waals surface area contributed by atoms with E-state index in [2.05, 4.69) is 22.9 Å². The summed E-state index contributed by atoms with van der Waals surface area (Å²) in [5, 5.41) is 0. The third-order valence-corrected chi connectivity index (χ3v) is 5.57. The summed E-state index contributed by atoms with van der Waals surface area (Å²) in [5.74, 6) is -1.44. The molecule has 0 bridgehead atoms. The molecular formula is C23H24BrNO4. The number of hydrogen-bond acceptors (Lipinski definition) is 4. The maximum absolute atomic E-state index is 12.4. The summed E-state index contributed by atoms with van der Waals surface area (Å²) in [6.07, 6.45) is 3.39. The Morgan fingerprint density at radius 3 is 2.45 bits per heavy atom. The van der Waals surface area contributed by atoms with Crippen molar-refractivity contribution in [2.75, 3.05) is 18.1 Å². The van der Waals surface area contributed by atoms with Crippen molar-refractivity contribution in [2.45, 2.75) is 32.6 Å². The highest BCUT2D eigenvalue weighted by molar-refractivity contribution is 9.10. The van der Waals surface area contributed by atoms with E-state index >= 15 is 0 Å². The molecule has 3 rings (SSSR count). The van der Waals surface area contributed by atoms with Crippen LogP contribution in [0.5, 0.6) is 0 Å². The third kappa shape index (κ3) is 5.54. The molecule has 1 heterocycles. The molecule has 0 spiro atoms. The Labute approximate surface area is 179 Å². The van der Waals surface area contributed by atoms with Gasteiger partial charge in [0.25, 0.3) is 0 Å². The summed E-state index contributed by atoms with van der Waals surface area (Å²) in [6, 6.07) is 14.8. The Balaban J connectivity index is 1.54. The molecule has 1 atom stereocenters. The number of hydrogen-bond donors (Lipinski definition) is 0. The van der Waals surface area contributed by atoms with Crippen LogP contribution in [0, 0.1) is 5.92 Å². The normalized spacial score (nSPS) is 16.1. The number of esters is 1. The van der Waals surface area contributed by atoms with E-state index in [9.17, 15) is 14.4 Å². The van der Waals surface area contributed by atoms with Crippen LogP contribution in [0.2, 0.25) is 0 Å². The molecular weight excluding hydrogens is 434 g/mol. The molecule has 2 aromatic rings. The van der Waals surface area contributed by atoms with Gasteiger partial charge < -0.3 is 9.64 Å². The Hall–Kier alpha value is -2.47. The number of aryl methyl sites for hydroxylation is 1. The maximum Gasteiger partial charge on any atom is 0.311 e. The van der Waals surface area contributed by atoms with Crippen LogP contribution in [0.25, 0.3) is 0 Å². The minimum absolute atomic E-state index is 0.100. The fourth-order valence-corrected chi connectivity index (χ4v) is 3.58. The van der Waals surface area contributed by atoms with Crippen LogP contribution >= 0.6 is 15.9 Å². The van der Waals surface area contributed by atoms with Gasteiger partial charge in [0.1, 0.15) is 0 Å². The van der Waals surface area contributed by atoms with Gasteiger partial charge in [0.2, 0.25) is 5.91 Å². The molecule has 6 heteroatoms. The molecule has 1 aliphatic heterocycles. The van der Waals surface area contributed by atoms with Crippen LogP contribution < -0.4 is 4.90 Å². The number of Topliss-reactive ketones (excluding diaryl/α,β-unsaturated/α-hetero) is 1. The van der Waals surface area contributed by atoms with Crippen LogP contribution in [0.3, 0.4) is 0 Å². The number of benzene rings is 2. The molecule has 1 fully saturated rings. The van der Waals surface area contributed by atoms with Gasteiger partial charge in [0.15, 0.2) is 12.4 Å². The van der Waals surface area contributed by atoms with Crippen LogP contribution in [-0.4, -0.2) is 30.8 Å². The Kier molecular flexibility index (Phi) is 7.20. The van der Waals surface area contributed by atoms with Gasteiger partial charge in [-0.05, 0) is 42.7 Å². The number of carbonyl (C=O) groups excluding carboxylic acids is 3. The van der Waals surface area contributed by atoms with E-state index in [1.165, 1.54) is 5.56 Å². The molecule has 1 aliphatic rings. The molecule has 0 N–H and O–H groups in total. The summed E-state index contributed by atoms with van der Waals surface area (Å²) in [5.41, 5.74) is 2.51. The molecule has 152 valence electrons. The van der Waals surface area contributed by atoms with Crippen molar-refractivity contribution in [2.24, 2.45) is 5.92 Å². The maximum atomic E-state index is 12.4. The first-order chi connectivity index (χ1) is 14.0. The number of carbonyl (C=O) groups is 3. The first kappa shape index (κ1) is 21.2. The summed E-state index contributed by atoms with van der Waals surface area (Å²) < 4.78 is 6.06. The average molecular weight is 458 g/mol. The lowest BCUT2D eigenvalue weighted by Gasteiger charge is -2.17. The zero-order valence-electron chi connectivity index (χ0n) is 16.4. The van der Waals surface area contributed by atoms with Crippen molar-refractivity contribution in [3.63, 3.8) is 0 Å². The SMILES string of the molecule is CCCCc1ccc(N2C[C@@H](C(=O)OCC(=O)c3ccc(Br)cc3)CC2=O)cc1. The van der Waals surface area contributed by atoms with Crippen LogP contribution in [0.15, 0.2) is 53.0 Å². The molecule has 1 amide bonds. The molecule has 0 saturated carbocycles. The number of rotatable bonds is 8. The second kappa shape index (κ2) is 9.83. The minimum atomic E-state index is -0.556. The zero-order valence-corrected chi connectivity index (χ0v) is 18.0. The predicted molar refractivity (Wildman–Crippen MR) is 115 cm³/mol. The van der Waals surface area contributed by atoms with Gasteiger partial charge in [-0.1, -0.05) is 53.5 Å². The molecule has 0 unspecified atom stereocenters. The highest BCUT2D eigenvalue weighted by Crippen LogP contribution is 2.26. The van der Waals surface area contributed by atoms with Crippen LogP contribution in [-0.2, 0) is 20.7 Å². The number of unbranched alkanes of at least 4 members (excludes halogenated alkanes) is 1. The number of anilines is 1. The Bertz CT molecular complexity index is 877. The lowest BCUT2D eigenvalue weighted by atomic mass is 10.1. The first-order valence-electron chi connectivity index (χ1n) is 9.82. The quantitative estimate of drug-likeness (QED) is 0.430. The number of nitrogens with zero attached hydrogens (tertiary/aromatic N) is 1. The molecule has 0 radical (unpaired) electrons. The summed E-state index contributed by atoms with van der Waals surface area (Å²) in [6.45, 7) is 2.11. The lowest BCUT2D eigenvalue weighted by Crippen LogP contribution is -2.27. The lowest BCUT2D eigenvalue weighted by molar-refractivity contribution is -0.147. The van der Waals surface area contributed by atoms with Gasteiger partial charge in [-0.2, -0.15) is 0 Å². The highest BCUT2D eigenvalue weighted by Gasteiger charge is 2.36.